The summed E-state index contributed by atoms with van der Waals surface area (Å²) in [6.45, 7) is -0.230. The highest BCUT2D eigenvalue weighted by atomic mass is 16.5. The van der Waals surface area contributed by atoms with E-state index in [1.807, 2.05) is 0 Å². The van der Waals surface area contributed by atoms with Gasteiger partial charge in [-0.25, -0.2) is 4.79 Å². The molecule has 0 aliphatic rings. The highest BCUT2D eigenvalue weighted by Crippen LogP contribution is 1.83. The molecule has 0 aliphatic carbocycles. The van der Waals surface area contributed by atoms with Crippen LogP contribution in [-0.2, 0) is 9.53 Å². The summed E-state index contributed by atoms with van der Waals surface area (Å²) in [5, 5.41) is 8.24. The molecule has 0 rings (SSSR count). The van der Waals surface area contributed by atoms with E-state index in [4.69, 9.17) is 5.11 Å². The van der Waals surface area contributed by atoms with Crippen molar-refractivity contribution in [3.8, 4) is 0 Å². The maximum atomic E-state index is 10.4. The maximum absolute atomic E-state index is 10.4. The number of carboxylic acid groups (broad SMARTS) is 1. The summed E-state index contributed by atoms with van der Waals surface area (Å²) < 4.78 is 4.23. The molecule has 0 bridgehead atoms. The summed E-state index contributed by atoms with van der Waals surface area (Å²) in [6, 6.07) is 0. The highest BCUT2D eigenvalue weighted by molar-refractivity contribution is 5.76. The van der Waals surface area contributed by atoms with Gasteiger partial charge in [-0.15, -0.1) is 0 Å². The van der Waals surface area contributed by atoms with Gasteiger partial charge in [0.2, 0.25) is 0 Å². The lowest BCUT2D eigenvalue weighted by Crippen LogP contribution is -2.31. The van der Waals surface area contributed by atoms with Crippen LogP contribution in [0.5, 0.6) is 0 Å². The number of esters is 1. The molecular weight excluding hydrogens is 138 g/mol. The quantitative estimate of drug-likeness (QED) is 0.548. The van der Waals surface area contributed by atoms with Crippen LogP contribution in [0.3, 0.4) is 0 Å². The lowest BCUT2D eigenvalue weighted by atomic mass is 10.6. The first-order chi connectivity index (χ1) is 4.57. The Hall–Kier alpha value is -1.26. The van der Waals surface area contributed by atoms with Gasteiger partial charge in [0, 0.05) is 7.05 Å². The molecule has 0 atom stereocenters. The molecule has 0 saturated carbocycles. The standard InChI is InChI=1S/C5H9NO4/c1-6(5(8)9)3-4(7)10-2/h3H2,1-2H3,(H,8,9). The molecule has 0 unspecified atom stereocenters. The van der Waals surface area contributed by atoms with Crippen molar-refractivity contribution >= 4 is 12.1 Å². The number of ether oxygens (including phenoxy) is 1. The maximum Gasteiger partial charge on any atom is 0.407 e. The normalized spacial score (nSPS) is 8.60. The van der Waals surface area contributed by atoms with Gasteiger partial charge in [0.1, 0.15) is 6.54 Å². The average molecular weight is 147 g/mol. The van der Waals surface area contributed by atoms with E-state index in [-0.39, 0.29) is 6.54 Å². The van der Waals surface area contributed by atoms with Crippen LogP contribution in [0.25, 0.3) is 0 Å². The van der Waals surface area contributed by atoms with Crippen LogP contribution in [0.15, 0.2) is 0 Å². The smallest absolute Gasteiger partial charge is 0.407 e. The Labute approximate surface area is 58.2 Å². The lowest BCUT2D eigenvalue weighted by Gasteiger charge is -2.09. The SMILES string of the molecule is COC(=O)CN(C)C(=O)O. The second-order valence-corrected chi connectivity index (χ2v) is 1.71. The zero-order valence-electron chi connectivity index (χ0n) is 5.83. The van der Waals surface area contributed by atoms with Crippen molar-refractivity contribution < 1.29 is 19.4 Å². The zero-order chi connectivity index (χ0) is 8.15. The average Bonchev–Trinajstić information content (AvgIpc) is 1.87. The first kappa shape index (κ1) is 8.74. The van der Waals surface area contributed by atoms with Crippen LogP contribution in [0, 0.1) is 0 Å². The summed E-state index contributed by atoms with van der Waals surface area (Å²) in [6.07, 6.45) is -1.15. The van der Waals surface area contributed by atoms with Gasteiger partial charge in [0.05, 0.1) is 7.11 Å². The zero-order valence-corrected chi connectivity index (χ0v) is 5.83. The Morgan fingerprint density at radius 3 is 2.40 bits per heavy atom. The third-order valence-electron chi connectivity index (χ3n) is 0.920. The van der Waals surface area contributed by atoms with Crippen molar-refractivity contribution in [2.24, 2.45) is 0 Å². The number of likely N-dealkylation sites (N-methyl/N-ethyl adjacent to an activating group) is 1. The topological polar surface area (TPSA) is 66.8 Å². The van der Waals surface area contributed by atoms with Gasteiger partial charge in [-0.3, -0.25) is 4.79 Å². The van der Waals surface area contributed by atoms with Gasteiger partial charge < -0.3 is 14.7 Å². The minimum absolute atomic E-state index is 0.230. The number of carbonyl (C=O) groups is 2. The number of methoxy groups -OCH3 is 1. The molecule has 5 heteroatoms. The van der Waals surface area contributed by atoms with E-state index in [2.05, 4.69) is 4.74 Å². The first-order valence-electron chi connectivity index (χ1n) is 2.58. The van der Waals surface area contributed by atoms with Crippen molar-refractivity contribution in [3.63, 3.8) is 0 Å². The van der Waals surface area contributed by atoms with Crippen molar-refractivity contribution in [2.75, 3.05) is 20.7 Å². The molecule has 58 valence electrons. The largest absolute Gasteiger partial charge is 0.468 e. The van der Waals surface area contributed by atoms with E-state index in [1.54, 1.807) is 0 Å². The van der Waals surface area contributed by atoms with Crippen molar-refractivity contribution in [1.29, 1.82) is 0 Å². The Kier molecular flexibility index (Phi) is 3.24. The molecule has 1 N–H and O–H groups in total. The van der Waals surface area contributed by atoms with Gasteiger partial charge in [-0.1, -0.05) is 0 Å². The molecule has 0 radical (unpaired) electrons. The third-order valence-corrected chi connectivity index (χ3v) is 0.920. The van der Waals surface area contributed by atoms with E-state index >= 15 is 0 Å². The lowest BCUT2D eigenvalue weighted by molar-refractivity contribution is -0.141. The molecule has 0 heterocycles. The van der Waals surface area contributed by atoms with Crippen LogP contribution < -0.4 is 0 Å². The Bertz CT molecular complexity index is 145. The molecule has 10 heavy (non-hydrogen) atoms. The molecule has 0 aliphatic heterocycles. The fraction of sp³-hybridized carbons (Fsp3) is 0.600. The number of nitrogens with zero attached hydrogens (tertiary/aromatic N) is 1. The van der Waals surface area contributed by atoms with E-state index in [1.165, 1.54) is 14.2 Å². The molecular formula is C5H9NO4. The van der Waals surface area contributed by atoms with E-state index in [9.17, 15) is 9.59 Å². The summed E-state index contributed by atoms with van der Waals surface area (Å²) in [4.78, 5) is 21.3. The molecule has 0 spiro atoms. The number of rotatable bonds is 2. The van der Waals surface area contributed by atoms with Crippen LogP contribution in [0.2, 0.25) is 0 Å². The third kappa shape index (κ3) is 2.91. The minimum Gasteiger partial charge on any atom is -0.468 e. The van der Waals surface area contributed by atoms with Gasteiger partial charge >= 0.3 is 12.1 Å². The van der Waals surface area contributed by atoms with E-state index in [0.717, 1.165) is 4.90 Å². The molecule has 0 aromatic rings. The van der Waals surface area contributed by atoms with Gasteiger partial charge in [-0.05, 0) is 0 Å². The molecule has 0 fully saturated rings. The number of hydrogen-bond acceptors (Lipinski definition) is 3. The number of amides is 1. The van der Waals surface area contributed by atoms with Crippen LogP contribution in [0.4, 0.5) is 4.79 Å². The Morgan fingerprint density at radius 2 is 2.10 bits per heavy atom. The monoisotopic (exact) mass is 147 g/mol. The minimum atomic E-state index is -1.15. The van der Waals surface area contributed by atoms with Crippen molar-refractivity contribution in [2.45, 2.75) is 0 Å². The molecule has 0 aromatic carbocycles. The summed E-state index contributed by atoms with van der Waals surface area (Å²) in [7, 11) is 2.50. The summed E-state index contributed by atoms with van der Waals surface area (Å²) >= 11 is 0. The van der Waals surface area contributed by atoms with E-state index in [0.29, 0.717) is 0 Å². The molecule has 5 nitrogen and oxygen atoms in total. The highest BCUT2D eigenvalue weighted by Gasteiger charge is 2.09. The predicted octanol–water partition coefficient (Wildman–Crippen LogP) is -0.231. The first-order valence-corrected chi connectivity index (χ1v) is 2.58. The Balaban J connectivity index is 3.68. The van der Waals surface area contributed by atoms with Crippen molar-refractivity contribution in [1.82, 2.24) is 4.90 Å². The summed E-state index contributed by atoms with van der Waals surface area (Å²) in [5.74, 6) is -0.565. The van der Waals surface area contributed by atoms with Gasteiger partial charge in [0.25, 0.3) is 0 Å². The van der Waals surface area contributed by atoms with Crippen LogP contribution >= 0.6 is 0 Å². The van der Waals surface area contributed by atoms with E-state index < -0.39 is 12.1 Å². The summed E-state index contributed by atoms with van der Waals surface area (Å²) in [5.41, 5.74) is 0. The predicted molar refractivity (Wildman–Crippen MR) is 32.7 cm³/mol. The number of hydrogen-bond donors (Lipinski definition) is 1. The second kappa shape index (κ2) is 3.71. The Morgan fingerprint density at radius 1 is 1.60 bits per heavy atom. The second-order valence-electron chi connectivity index (χ2n) is 1.71. The number of carbonyl (C=O) groups excluding carboxylic acids is 1. The van der Waals surface area contributed by atoms with Gasteiger partial charge in [0.15, 0.2) is 0 Å². The fourth-order valence-electron chi connectivity index (χ4n) is 0.326. The van der Waals surface area contributed by atoms with Crippen molar-refractivity contribution in [3.05, 3.63) is 0 Å². The molecule has 1 amide bonds. The molecule has 0 aromatic heterocycles. The van der Waals surface area contributed by atoms with Crippen LogP contribution in [0.1, 0.15) is 0 Å². The van der Waals surface area contributed by atoms with Crippen LogP contribution in [-0.4, -0.2) is 42.8 Å². The molecule has 0 saturated heterocycles. The fourth-order valence-corrected chi connectivity index (χ4v) is 0.326. The van der Waals surface area contributed by atoms with Gasteiger partial charge in [-0.2, -0.15) is 0 Å².